The number of benzene rings is 1. The van der Waals surface area contributed by atoms with E-state index < -0.39 is 0 Å². The normalized spacial score (nSPS) is 17.8. The third-order valence-electron chi connectivity index (χ3n) is 4.90. The zero-order valence-corrected chi connectivity index (χ0v) is 16.9. The summed E-state index contributed by atoms with van der Waals surface area (Å²) in [6.07, 6.45) is 6.76. The number of amides is 1. The molecule has 1 atom stereocenters. The summed E-state index contributed by atoms with van der Waals surface area (Å²) in [6, 6.07) is 10.8. The molecule has 2 heterocycles. The average Bonchev–Trinajstić information content (AvgIpc) is 3.14. The fourth-order valence-electron chi connectivity index (χ4n) is 3.57. The van der Waals surface area contributed by atoms with Crippen LogP contribution in [0.1, 0.15) is 46.9 Å². The smallest absolute Gasteiger partial charge is 0.247 e. The minimum absolute atomic E-state index is 0.0380. The Morgan fingerprint density at radius 1 is 1.26 bits per heavy atom. The number of aliphatic hydroxyl groups is 1. The first-order valence-electron chi connectivity index (χ1n) is 9.47. The van der Waals surface area contributed by atoms with Gasteiger partial charge in [0.2, 0.25) is 5.91 Å². The van der Waals surface area contributed by atoms with Gasteiger partial charge in [0.25, 0.3) is 0 Å². The summed E-state index contributed by atoms with van der Waals surface area (Å²) in [5.41, 5.74) is 3.40. The fraction of sp³-hybridized carbons (Fsp3) is 0.409. The lowest BCUT2D eigenvalue weighted by Gasteiger charge is -2.35. The van der Waals surface area contributed by atoms with Crippen LogP contribution in [0.15, 0.2) is 41.8 Å². The quantitative estimate of drug-likeness (QED) is 0.764. The Hall–Kier alpha value is -1.95. The van der Waals surface area contributed by atoms with Crippen molar-refractivity contribution >= 4 is 23.3 Å². The summed E-state index contributed by atoms with van der Waals surface area (Å²) in [7, 11) is 4.14. The van der Waals surface area contributed by atoms with Gasteiger partial charge in [-0.2, -0.15) is 0 Å². The van der Waals surface area contributed by atoms with E-state index in [1.54, 1.807) is 17.4 Å². The van der Waals surface area contributed by atoms with E-state index in [0.717, 1.165) is 42.8 Å². The van der Waals surface area contributed by atoms with E-state index in [-0.39, 0.29) is 18.6 Å². The van der Waals surface area contributed by atoms with Crippen LogP contribution in [0.25, 0.3) is 6.08 Å². The molecule has 1 unspecified atom stereocenters. The fourth-order valence-corrected chi connectivity index (χ4v) is 4.36. The molecule has 1 amide bonds. The Morgan fingerprint density at radius 3 is 2.70 bits per heavy atom. The van der Waals surface area contributed by atoms with E-state index in [1.807, 2.05) is 22.4 Å². The highest BCUT2D eigenvalue weighted by Gasteiger charge is 2.26. The summed E-state index contributed by atoms with van der Waals surface area (Å²) >= 11 is 1.54. The number of carbonyl (C=O) groups excluding carboxylic acids is 1. The minimum Gasteiger partial charge on any atom is -0.392 e. The Bertz CT molecular complexity index is 780. The number of rotatable bonds is 6. The molecule has 1 aromatic carbocycles. The maximum Gasteiger partial charge on any atom is 0.247 e. The van der Waals surface area contributed by atoms with Crippen molar-refractivity contribution in [2.75, 3.05) is 20.6 Å². The Balaban J connectivity index is 1.71. The summed E-state index contributed by atoms with van der Waals surface area (Å²) in [5.74, 6) is 0.0658. The van der Waals surface area contributed by atoms with Crippen molar-refractivity contribution in [2.45, 2.75) is 38.5 Å². The molecular formula is C22H28N2O2S. The Kier molecular flexibility index (Phi) is 6.83. The maximum absolute atomic E-state index is 12.8. The largest absolute Gasteiger partial charge is 0.392 e. The highest BCUT2D eigenvalue weighted by Crippen LogP contribution is 2.31. The maximum atomic E-state index is 12.8. The summed E-state index contributed by atoms with van der Waals surface area (Å²) in [5, 5.41) is 11.1. The first-order chi connectivity index (χ1) is 13.1. The van der Waals surface area contributed by atoms with Crippen molar-refractivity contribution in [2.24, 2.45) is 0 Å². The lowest BCUT2D eigenvalue weighted by Crippen LogP contribution is -2.37. The molecule has 4 nitrogen and oxygen atoms in total. The Labute approximate surface area is 165 Å². The van der Waals surface area contributed by atoms with Crippen LogP contribution in [-0.2, 0) is 17.9 Å². The standard InChI is InChI=1S/C22H28N2O2S/c1-23(2)14-17-6-8-19(9-7-17)21-5-3-4-12-24(21)22(26)11-10-20-13-18(15-25)16-27-20/h6-11,13,16,21,25H,3-5,12,14-15H2,1-2H3. The van der Waals surface area contributed by atoms with Gasteiger partial charge in [0.1, 0.15) is 0 Å². The lowest BCUT2D eigenvalue weighted by molar-refractivity contribution is -0.129. The zero-order chi connectivity index (χ0) is 19.2. The van der Waals surface area contributed by atoms with Crippen LogP contribution in [0, 0.1) is 0 Å². The molecular weight excluding hydrogens is 356 g/mol. The second-order valence-corrected chi connectivity index (χ2v) is 8.31. The van der Waals surface area contributed by atoms with Crippen LogP contribution in [0.4, 0.5) is 0 Å². The van der Waals surface area contributed by atoms with Crippen molar-refractivity contribution in [1.29, 1.82) is 0 Å². The zero-order valence-electron chi connectivity index (χ0n) is 16.1. The number of hydrogen-bond donors (Lipinski definition) is 1. The molecule has 3 rings (SSSR count). The number of likely N-dealkylation sites (tertiary alicyclic amines) is 1. The van der Waals surface area contributed by atoms with Crippen LogP contribution >= 0.6 is 11.3 Å². The van der Waals surface area contributed by atoms with Gasteiger partial charge in [0, 0.05) is 24.0 Å². The van der Waals surface area contributed by atoms with Crippen molar-refractivity contribution in [3.05, 3.63) is 63.4 Å². The first kappa shape index (κ1) is 19.8. The molecule has 0 spiro atoms. The number of carbonyl (C=O) groups is 1. The van der Waals surface area contributed by atoms with Crippen molar-refractivity contribution in [3.63, 3.8) is 0 Å². The van der Waals surface area contributed by atoms with Crippen LogP contribution in [-0.4, -0.2) is 41.5 Å². The van der Waals surface area contributed by atoms with Gasteiger partial charge in [-0.25, -0.2) is 0 Å². The van der Waals surface area contributed by atoms with E-state index in [9.17, 15) is 4.79 Å². The summed E-state index contributed by atoms with van der Waals surface area (Å²) in [6.45, 7) is 1.77. The summed E-state index contributed by atoms with van der Waals surface area (Å²) in [4.78, 5) is 18.0. The minimum atomic E-state index is 0.0380. The Morgan fingerprint density at radius 2 is 2.04 bits per heavy atom. The number of thiophene rings is 1. The average molecular weight is 385 g/mol. The molecule has 2 aromatic rings. The molecule has 1 aliphatic heterocycles. The number of piperidine rings is 1. The van der Waals surface area contributed by atoms with Gasteiger partial charge in [-0.1, -0.05) is 24.3 Å². The van der Waals surface area contributed by atoms with Gasteiger partial charge in [-0.15, -0.1) is 11.3 Å². The topological polar surface area (TPSA) is 43.8 Å². The molecule has 1 fully saturated rings. The van der Waals surface area contributed by atoms with Gasteiger partial charge in [0.15, 0.2) is 0 Å². The molecule has 144 valence electrons. The highest BCUT2D eigenvalue weighted by atomic mass is 32.1. The van der Waals surface area contributed by atoms with Gasteiger partial charge in [-0.05, 0) is 67.6 Å². The van der Waals surface area contributed by atoms with E-state index in [4.69, 9.17) is 5.11 Å². The molecule has 0 aliphatic carbocycles. The molecule has 0 bridgehead atoms. The predicted molar refractivity (Wildman–Crippen MR) is 111 cm³/mol. The van der Waals surface area contributed by atoms with Crippen molar-refractivity contribution in [3.8, 4) is 0 Å². The second-order valence-electron chi connectivity index (χ2n) is 7.37. The number of hydrogen-bond acceptors (Lipinski definition) is 4. The molecule has 1 N–H and O–H groups in total. The molecule has 5 heteroatoms. The van der Waals surface area contributed by atoms with Gasteiger partial charge >= 0.3 is 0 Å². The molecule has 1 aliphatic rings. The third kappa shape index (κ3) is 5.28. The van der Waals surface area contributed by atoms with Crippen LogP contribution in [0.2, 0.25) is 0 Å². The van der Waals surface area contributed by atoms with Crippen molar-refractivity contribution in [1.82, 2.24) is 9.80 Å². The van der Waals surface area contributed by atoms with Gasteiger partial charge in [-0.3, -0.25) is 4.79 Å². The van der Waals surface area contributed by atoms with Gasteiger partial charge < -0.3 is 14.9 Å². The van der Waals surface area contributed by atoms with Crippen molar-refractivity contribution < 1.29 is 9.90 Å². The monoisotopic (exact) mass is 384 g/mol. The van der Waals surface area contributed by atoms with Crippen LogP contribution in [0.3, 0.4) is 0 Å². The molecule has 0 saturated carbocycles. The summed E-state index contributed by atoms with van der Waals surface area (Å²) < 4.78 is 0. The SMILES string of the molecule is CN(C)Cc1ccc(C2CCCCN2C(=O)C=Cc2cc(CO)cs2)cc1. The molecule has 27 heavy (non-hydrogen) atoms. The van der Waals surface area contributed by atoms with E-state index >= 15 is 0 Å². The van der Waals surface area contributed by atoms with E-state index in [1.165, 1.54) is 11.1 Å². The molecule has 1 saturated heterocycles. The predicted octanol–water partition coefficient (Wildman–Crippen LogP) is 4.07. The third-order valence-corrected chi connectivity index (χ3v) is 5.84. The highest BCUT2D eigenvalue weighted by molar-refractivity contribution is 7.11. The van der Waals surface area contributed by atoms with Crippen LogP contribution < -0.4 is 0 Å². The van der Waals surface area contributed by atoms with Crippen LogP contribution in [0.5, 0.6) is 0 Å². The van der Waals surface area contributed by atoms with Gasteiger partial charge in [0.05, 0.1) is 12.6 Å². The number of nitrogens with zero attached hydrogens (tertiary/aromatic N) is 2. The first-order valence-corrected chi connectivity index (χ1v) is 10.4. The molecule has 0 radical (unpaired) electrons. The second kappa shape index (κ2) is 9.31. The lowest BCUT2D eigenvalue weighted by atomic mass is 9.94. The van der Waals surface area contributed by atoms with E-state index in [0.29, 0.717) is 0 Å². The molecule has 1 aromatic heterocycles. The number of aliphatic hydroxyl groups excluding tert-OH is 1. The van der Waals surface area contributed by atoms with E-state index in [2.05, 4.69) is 43.3 Å².